The molecule has 194 valence electrons. The van der Waals surface area contributed by atoms with Crippen LogP contribution in [0.25, 0.3) is 0 Å². The molecule has 4 aromatic carbocycles. The van der Waals surface area contributed by atoms with Gasteiger partial charge in [0.2, 0.25) is 0 Å². The van der Waals surface area contributed by atoms with Crippen LogP contribution in [0.4, 0.5) is 8.78 Å². The van der Waals surface area contributed by atoms with Crippen molar-refractivity contribution < 1.29 is 13.2 Å². The third-order valence-corrected chi connectivity index (χ3v) is 21.4. The van der Waals surface area contributed by atoms with Gasteiger partial charge in [0.25, 0.3) is 0 Å². The molecule has 0 saturated carbocycles. The summed E-state index contributed by atoms with van der Waals surface area (Å²) in [6, 6.07) is 33.6. The molecule has 0 fully saturated rings. The van der Waals surface area contributed by atoms with Crippen molar-refractivity contribution in [2.24, 2.45) is 0 Å². The molecular weight excluding hydrogens is 565 g/mol. The van der Waals surface area contributed by atoms with Gasteiger partial charge in [0, 0.05) is 0 Å². The molecule has 4 rings (SSSR count). The van der Waals surface area contributed by atoms with Crippen LogP contribution in [0.15, 0.2) is 103 Å². The molecule has 0 radical (unpaired) electrons. The normalized spacial score (nSPS) is 13.6. The van der Waals surface area contributed by atoms with Crippen LogP contribution < -0.4 is 20.3 Å². The fraction of sp³-hybridized carbons (Fsp3) is 0.226. The van der Waals surface area contributed by atoms with Gasteiger partial charge in [-0.15, -0.1) is 0 Å². The molecule has 0 spiro atoms. The molecule has 0 aliphatic carbocycles. The Balaban J connectivity index is 1.94. The zero-order chi connectivity index (χ0) is 26.9. The molecule has 0 heterocycles. The van der Waals surface area contributed by atoms with Crippen molar-refractivity contribution in [3.63, 3.8) is 0 Å². The molecule has 0 aliphatic heterocycles. The van der Waals surface area contributed by atoms with Gasteiger partial charge >= 0.3 is 229 Å². The average Bonchev–Trinajstić information content (AvgIpc) is 2.87. The van der Waals surface area contributed by atoms with Crippen molar-refractivity contribution in [2.75, 3.05) is 0 Å². The molecule has 0 bridgehead atoms. The summed E-state index contributed by atoms with van der Waals surface area (Å²) in [7, 11) is -2.43. The first-order valence-corrected chi connectivity index (χ1v) is 19.8. The van der Waals surface area contributed by atoms with Gasteiger partial charge in [0.1, 0.15) is 0 Å². The Morgan fingerprint density at radius 2 is 1.05 bits per heavy atom. The molecule has 0 saturated heterocycles. The number of hydrogen-bond donors (Lipinski definition) is 0. The van der Waals surface area contributed by atoms with Gasteiger partial charge in [-0.3, -0.25) is 0 Å². The van der Waals surface area contributed by atoms with Crippen LogP contribution in [0.3, 0.4) is 0 Å². The molecule has 6 heteroatoms. The van der Waals surface area contributed by atoms with Gasteiger partial charge < -0.3 is 0 Å². The monoisotopic (exact) mass is 598 g/mol. The van der Waals surface area contributed by atoms with E-state index in [1.165, 1.54) is 12.1 Å². The Morgan fingerprint density at radius 1 is 0.703 bits per heavy atom. The van der Waals surface area contributed by atoms with E-state index in [0.717, 1.165) is 15.9 Å². The molecule has 37 heavy (non-hydrogen) atoms. The van der Waals surface area contributed by atoms with Gasteiger partial charge in [-0.1, -0.05) is 0 Å². The number of benzene rings is 4. The standard InChI is InChI=1S/C31H34BrF2OPSi/c1-31(2,3)37(4,5)35-30-28(33)21-24(22-29(30)34)23-36(32,25-15-9-6-10-16-25,26-17-11-7-12-18-26)27-19-13-8-14-20-27/h6-22H,23H2,1-5H3. The topological polar surface area (TPSA) is 9.23 Å². The van der Waals surface area contributed by atoms with Crippen molar-refractivity contribution in [3.8, 4) is 5.75 Å². The Hall–Kier alpha value is -2.33. The summed E-state index contributed by atoms with van der Waals surface area (Å²) in [6.45, 7) is 10.1. The second kappa shape index (κ2) is 10.1. The third kappa shape index (κ3) is 5.06. The Kier molecular flexibility index (Phi) is 7.55. The van der Waals surface area contributed by atoms with Gasteiger partial charge in [0.05, 0.1) is 0 Å². The van der Waals surface area contributed by atoms with E-state index in [0.29, 0.717) is 11.7 Å². The first-order valence-electron chi connectivity index (χ1n) is 12.4. The maximum atomic E-state index is 15.6. The summed E-state index contributed by atoms with van der Waals surface area (Å²) < 4.78 is 37.3. The second-order valence-corrected chi connectivity index (χ2v) is 24.8. The molecule has 0 atom stereocenters. The summed E-state index contributed by atoms with van der Waals surface area (Å²) in [5, 5.41) is -0.287. The molecule has 4 aromatic rings. The van der Waals surface area contributed by atoms with Crippen LogP contribution in [0, 0.1) is 11.6 Å². The van der Waals surface area contributed by atoms with Gasteiger partial charge in [-0.2, -0.15) is 0 Å². The number of halogens is 3. The van der Waals surface area contributed by atoms with E-state index in [2.05, 4.69) is 72.7 Å². The van der Waals surface area contributed by atoms with Crippen molar-refractivity contribution in [2.45, 2.75) is 45.1 Å². The SMILES string of the molecule is CC(C)(C)[Si](C)(C)Oc1c(F)cc(CP(Br)(c2ccccc2)(c2ccccc2)c2ccccc2)cc1F. The predicted molar refractivity (Wildman–Crippen MR) is 162 cm³/mol. The fourth-order valence-electron chi connectivity index (χ4n) is 4.49. The Labute approximate surface area is 228 Å². The zero-order valence-electron chi connectivity index (χ0n) is 22.0. The summed E-state index contributed by atoms with van der Waals surface area (Å²) in [5.41, 5.74) is 0.573. The summed E-state index contributed by atoms with van der Waals surface area (Å²) >= 11 is 4.36. The van der Waals surface area contributed by atoms with E-state index >= 15 is 8.78 Å². The third-order valence-electron chi connectivity index (χ3n) is 7.58. The molecular formula is C31H34BrF2OPSi. The molecule has 0 N–H and O–H groups in total. The first kappa shape index (κ1) is 27.7. The van der Waals surface area contributed by atoms with Crippen molar-refractivity contribution in [3.05, 3.63) is 120 Å². The van der Waals surface area contributed by atoms with Crippen LogP contribution in [0.2, 0.25) is 18.1 Å². The quantitative estimate of drug-likeness (QED) is 0.153. The molecule has 0 amide bonds. The first-order chi connectivity index (χ1) is 17.4. The molecule has 0 aliphatic rings. The van der Waals surface area contributed by atoms with Crippen molar-refractivity contribution in [1.82, 2.24) is 0 Å². The Morgan fingerprint density at radius 3 is 1.38 bits per heavy atom. The number of hydrogen-bond acceptors (Lipinski definition) is 1. The van der Waals surface area contributed by atoms with E-state index < -0.39 is 25.3 Å². The van der Waals surface area contributed by atoms with Crippen LogP contribution in [-0.2, 0) is 6.16 Å². The summed E-state index contributed by atoms with van der Waals surface area (Å²) in [4.78, 5) is 0. The van der Waals surface area contributed by atoms with Gasteiger partial charge in [0.15, 0.2) is 0 Å². The number of rotatable bonds is 7. The Bertz CT molecular complexity index is 1250. The zero-order valence-corrected chi connectivity index (χ0v) is 25.5. The van der Waals surface area contributed by atoms with Gasteiger partial charge in [-0.25, -0.2) is 0 Å². The minimum absolute atomic E-state index is 0.181. The van der Waals surface area contributed by atoms with Crippen LogP contribution >= 0.6 is 20.8 Å². The molecule has 0 unspecified atom stereocenters. The van der Waals surface area contributed by atoms with Crippen LogP contribution in [0.5, 0.6) is 5.75 Å². The molecule has 0 aromatic heterocycles. The fourth-order valence-corrected chi connectivity index (χ4v) is 13.2. The van der Waals surface area contributed by atoms with E-state index in [4.69, 9.17) is 4.43 Å². The second-order valence-electron chi connectivity index (χ2n) is 11.1. The van der Waals surface area contributed by atoms with Crippen LogP contribution in [0.1, 0.15) is 26.3 Å². The summed E-state index contributed by atoms with van der Waals surface area (Å²) in [5.74, 6) is -1.59. The van der Waals surface area contributed by atoms with Gasteiger partial charge in [-0.05, 0) is 0 Å². The predicted octanol–water partition coefficient (Wildman–Crippen LogP) is 8.69. The van der Waals surface area contributed by atoms with Crippen molar-refractivity contribution in [1.29, 1.82) is 0 Å². The van der Waals surface area contributed by atoms with E-state index in [-0.39, 0.29) is 10.8 Å². The van der Waals surface area contributed by atoms with Crippen LogP contribution in [-0.4, -0.2) is 8.32 Å². The maximum absolute atomic E-state index is 15.6. The minimum atomic E-state index is -3.38. The molecule has 1 nitrogen and oxygen atoms in total. The summed E-state index contributed by atoms with van der Waals surface area (Å²) in [6.07, 6.45) is 0.401. The van der Waals surface area contributed by atoms with E-state index in [1.54, 1.807) is 0 Å². The average molecular weight is 600 g/mol. The van der Waals surface area contributed by atoms with Crippen molar-refractivity contribution >= 4 is 45.0 Å². The van der Waals surface area contributed by atoms with E-state index in [1.807, 2.05) is 67.7 Å². The van der Waals surface area contributed by atoms with E-state index in [9.17, 15) is 0 Å².